The standard InChI is InChI=1S/C16H22N2O2/c1-16(2,3)20-15(19)18-10-11-6-4-5-7-12(11)13-8-17-9-14(13)18/h4-7,13-14,17H,8-10H2,1-3H3. The lowest BCUT2D eigenvalue weighted by Crippen LogP contribution is -2.48. The Morgan fingerprint density at radius 2 is 2.05 bits per heavy atom. The molecule has 0 saturated carbocycles. The molecule has 108 valence electrons. The van der Waals surface area contributed by atoms with Crippen molar-refractivity contribution in [2.24, 2.45) is 0 Å². The van der Waals surface area contributed by atoms with Crippen LogP contribution in [0.1, 0.15) is 37.8 Å². The van der Waals surface area contributed by atoms with E-state index in [1.807, 2.05) is 31.7 Å². The fraction of sp³-hybridized carbons (Fsp3) is 0.562. The van der Waals surface area contributed by atoms with Gasteiger partial charge in [-0.05, 0) is 31.9 Å². The van der Waals surface area contributed by atoms with Crippen LogP contribution in [0.15, 0.2) is 24.3 Å². The minimum atomic E-state index is -0.449. The van der Waals surface area contributed by atoms with Gasteiger partial charge in [-0.25, -0.2) is 4.79 Å². The van der Waals surface area contributed by atoms with E-state index in [0.29, 0.717) is 12.5 Å². The summed E-state index contributed by atoms with van der Waals surface area (Å²) in [5, 5.41) is 3.40. The Hall–Kier alpha value is -1.55. The number of rotatable bonds is 0. The quantitative estimate of drug-likeness (QED) is 0.790. The highest BCUT2D eigenvalue weighted by atomic mass is 16.6. The molecule has 1 fully saturated rings. The maximum absolute atomic E-state index is 12.4. The molecule has 0 bridgehead atoms. The van der Waals surface area contributed by atoms with Gasteiger partial charge in [-0.1, -0.05) is 24.3 Å². The normalized spacial score (nSPS) is 25.1. The summed E-state index contributed by atoms with van der Waals surface area (Å²) in [7, 11) is 0. The molecule has 2 heterocycles. The number of carbonyl (C=O) groups is 1. The number of benzene rings is 1. The second-order valence-corrected chi connectivity index (χ2v) is 6.64. The number of ether oxygens (including phenoxy) is 1. The van der Waals surface area contributed by atoms with Crippen molar-refractivity contribution in [3.63, 3.8) is 0 Å². The number of amides is 1. The van der Waals surface area contributed by atoms with Crippen LogP contribution in [0.4, 0.5) is 4.79 Å². The predicted molar refractivity (Wildman–Crippen MR) is 77.6 cm³/mol. The lowest BCUT2D eigenvalue weighted by Gasteiger charge is -2.39. The maximum atomic E-state index is 12.4. The number of carbonyl (C=O) groups excluding carboxylic acids is 1. The van der Waals surface area contributed by atoms with E-state index in [9.17, 15) is 4.79 Å². The van der Waals surface area contributed by atoms with Gasteiger partial charge in [-0.2, -0.15) is 0 Å². The highest BCUT2D eigenvalue weighted by Gasteiger charge is 2.41. The Morgan fingerprint density at radius 3 is 2.80 bits per heavy atom. The van der Waals surface area contributed by atoms with Crippen LogP contribution in [0.25, 0.3) is 0 Å². The van der Waals surface area contributed by atoms with E-state index in [1.54, 1.807) is 0 Å². The first kappa shape index (κ1) is 13.4. The van der Waals surface area contributed by atoms with Gasteiger partial charge in [0, 0.05) is 25.6 Å². The molecule has 1 aromatic carbocycles. The van der Waals surface area contributed by atoms with Crippen molar-refractivity contribution in [2.75, 3.05) is 13.1 Å². The van der Waals surface area contributed by atoms with Gasteiger partial charge in [0.1, 0.15) is 5.60 Å². The van der Waals surface area contributed by atoms with Crippen molar-refractivity contribution in [2.45, 2.75) is 44.9 Å². The van der Waals surface area contributed by atoms with Crippen molar-refractivity contribution >= 4 is 6.09 Å². The molecule has 1 saturated heterocycles. The molecule has 1 N–H and O–H groups in total. The molecule has 1 aromatic rings. The minimum Gasteiger partial charge on any atom is -0.444 e. The lowest BCUT2D eigenvalue weighted by atomic mass is 9.86. The van der Waals surface area contributed by atoms with Crippen molar-refractivity contribution in [3.8, 4) is 0 Å². The third kappa shape index (κ3) is 2.40. The Kier molecular flexibility index (Phi) is 3.21. The molecule has 2 unspecified atom stereocenters. The average Bonchev–Trinajstić information content (AvgIpc) is 2.85. The molecule has 0 aliphatic carbocycles. The van der Waals surface area contributed by atoms with Crippen molar-refractivity contribution in [1.82, 2.24) is 10.2 Å². The lowest BCUT2D eigenvalue weighted by molar-refractivity contribution is 0.0120. The highest BCUT2D eigenvalue weighted by molar-refractivity contribution is 5.69. The smallest absolute Gasteiger partial charge is 0.410 e. The SMILES string of the molecule is CC(C)(C)OC(=O)N1Cc2ccccc2C2CNCC21. The van der Waals surface area contributed by atoms with E-state index in [4.69, 9.17) is 4.74 Å². The molecular formula is C16H22N2O2. The molecular weight excluding hydrogens is 252 g/mol. The van der Waals surface area contributed by atoms with E-state index >= 15 is 0 Å². The number of hydrogen-bond donors (Lipinski definition) is 1. The van der Waals surface area contributed by atoms with E-state index < -0.39 is 5.60 Å². The zero-order valence-electron chi connectivity index (χ0n) is 12.3. The summed E-state index contributed by atoms with van der Waals surface area (Å²) in [6, 6.07) is 8.62. The highest BCUT2D eigenvalue weighted by Crippen LogP contribution is 2.36. The second kappa shape index (κ2) is 4.77. The average molecular weight is 274 g/mol. The Bertz CT molecular complexity index is 521. The van der Waals surface area contributed by atoms with Gasteiger partial charge in [-0.15, -0.1) is 0 Å². The third-order valence-electron chi connectivity index (χ3n) is 4.01. The Labute approximate surface area is 120 Å². The maximum Gasteiger partial charge on any atom is 0.410 e. The molecule has 4 heteroatoms. The Morgan fingerprint density at radius 1 is 1.30 bits per heavy atom. The van der Waals surface area contributed by atoms with Crippen LogP contribution in [0.2, 0.25) is 0 Å². The first-order valence-corrected chi connectivity index (χ1v) is 7.24. The fourth-order valence-electron chi connectivity index (χ4n) is 3.17. The molecule has 4 nitrogen and oxygen atoms in total. The molecule has 0 radical (unpaired) electrons. The largest absolute Gasteiger partial charge is 0.444 e. The van der Waals surface area contributed by atoms with Gasteiger partial charge < -0.3 is 10.1 Å². The number of hydrogen-bond acceptors (Lipinski definition) is 3. The van der Waals surface area contributed by atoms with Crippen LogP contribution in [-0.2, 0) is 11.3 Å². The molecule has 3 rings (SSSR count). The predicted octanol–water partition coefficient (Wildman–Crippen LogP) is 2.49. The van der Waals surface area contributed by atoms with Gasteiger partial charge in [0.05, 0.1) is 6.04 Å². The summed E-state index contributed by atoms with van der Waals surface area (Å²) in [6.45, 7) is 8.15. The van der Waals surface area contributed by atoms with Gasteiger partial charge in [0.2, 0.25) is 0 Å². The summed E-state index contributed by atoms with van der Waals surface area (Å²) >= 11 is 0. The summed E-state index contributed by atoms with van der Waals surface area (Å²) in [4.78, 5) is 14.3. The van der Waals surface area contributed by atoms with E-state index in [2.05, 4.69) is 23.5 Å². The molecule has 2 atom stereocenters. The summed E-state index contributed by atoms with van der Waals surface area (Å²) in [5.74, 6) is 0.382. The van der Waals surface area contributed by atoms with E-state index in [-0.39, 0.29) is 12.1 Å². The van der Waals surface area contributed by atoms with E-state index in [1.165, 1.54) is 11.1 Å². The molecule has 0 spiro atoms. The topological polar surface area (TPSA) is 41.6 Å². The molecule has 2 aliphatic rings. The molecule has 0 aromatic heterocycles. The summed E-state index contributed by atoms with van der Waals surface area (Å²) < 4.78 is 5.56. The first-order chi connectivity index (χ1) is 9.46. The zero-order valence-corrected chi connectivity index (χ0v) is 12.3. The van der Waals surface area contributed by atoms with Gasteiger partial charge in [0.15, 0.2) is 0 Å². The van der Waals surface area contributed by atoms with Crippen LogP contribution in [0.5, 0.6) is 0 Å². The van der Waals surface area contributed by atoms with E-state index in [0.717, 1.165) is 13.1 Å². The van der Waals surface area contributed by atoms with Crippen LogP contribution in [0, 0.1) is 0 Å². The molecule has 20 heavy (non-hydrogen) atoms. The minimum absolute atomic E-state index is 0.203. The first-order valence-electron chi connectivity index (χ1n) is 7.24. The zero-order chi connectivity index (χ0) is 14.3. The van der Waals surface area contributed by atoms with Crippen LogP contribution in [0.3, 0.4) is 0 Å². The van der Waals surface area contributed by atoms with Crippen molar-refractivity contribution < 1.29 is 9.53 Å². The monoisotopic (exact) mass is 274 g/mol. The van der Waals surface area contributed by atoms with Crippen LogP contribution >= 0.6 is 0 Å². The van der Waals surface area contributed by atoms with Crippen molar-refractivity contribution in [3.05, 3.63) is 35.4 Å². The Balaban J connectivity index is 1.89. The summed E-state index contributed by atoms with van der Waals surface area (Å²) in [6.07, 6.45) is -0.203. The van der Waals surface area contributed by atoms with Gasteiger partial charge >= 0.3 is 6.09 Å². The second-order valence-electron chi connectivity index (χ2n) is 6.64. The molecule has 2 aliphatic heterocycles. The van der Waals surface area contributed by atoms with Crippen molar-refractivity contribution in [1.29, 1.82) is 0 Å². The van der Waals surface area contributed by atoms with Crippen LogP contribution in [-0.4, -0.2) is 35.7 Å². The molecule has 1 amide bonds. The number of nitrogens with one attached hydrogen (secondary N) is 1. The van der Waals surface area contributed by atoms with Crippen LogP contribution < -0.4 is 5.32 Å². The van der Waals surface area contributed by atoms with Gasteiger partial charge in [-0.3, -0.25) is 4.90 Å². The number of nitrogens with zero attached hydrogens (tertiary/aromatic N) is 1. The summed E-state index contributed by atoms with van der Waals surface area (Å²) in [5.41, 5.74) is 2.17. The fourth-order valence-corrected chi connectivity index (χ4v) is 3.17. The third-order valence-corrected chi connectivity index (χ3v) is 4.01. The van der Waals surface area contributed by atoms with Gasteiger partial charge in [0.25, 0.3) is 0 Å². The number of fused-ring (bicyclic) bond motifs is 3.